The van der Waals surface area contributed by atoms with Crippen LogP contribution in [0.25, 0.3) is 0 Å². The summed E-state index contributed by atoms with van der Waals surface area (Å²) in [5.41, 5.74) is 0. The maximum atomic E-state index is 8.74. The van der Waals surface area contributed by atoms with Crippen molar-refractivity contribution in [1.82, 2.24) is 0 Å². The van der Waals surface area contributed by atoms with Crippen molar-refractivity contribution in [2.45, 2.75) is 0 Å². The van der Waals surface area contributed by atoms with E-state index in [4.69, 9.17) is 20.4 Å². The second kappa shape index (κ2) is 3.34. The summed E-state index contributed by atoms with van der Waals surface area (Å²) < 4.78 is 0. The Hall–Kier alpha value is 0.620. The van der Waals surface area contributed by atoms with Gasteiger partial charge in [0, 0.05) is 0 Å². The molecule has 0 aliphatic heterocycles. The number of hydrogen-bond acceptors (Lipinski definition) is 5. The quantitative estimate of drug-likeness (QED) is 0.295. The van der Waals surface area contributed by atoms with Gasteiger partial charge < -0.3 is 0 Å². The molecule has 0 atom stereocenters. The second-order valence-corrected chi connectivity index (χ2v) is 10.8. The minimum atomic E-state index is -3.24. The van der Waals surface area contributed by atoms with Crippen molar-refractivity contribution in [3.8, 4) is 0 Å². The summed E-state index contributed by atoms with van der Waals surface area (Å²) in [5, 5.41) is 34.9. The molecule has 10 heavy (non-hydrogen) atoms. The molecule has 6 heteroatoms. The normalized spacial score (nSPS) is 16.3. The third-order valence-electron chi connectivity index (χ3n) is 1.45. The van der Waals surface area contributed by atoms with Crippen molar-refractivity contribution in [1.29, 1.82) is 0 Å². The molecule has 0 heterocycles. The fourth-order valence-electron chi connectivity index (χ4n) is 0.268. The van der Waals surface area contributed by atoms with Crippen LogP contribution in [-0.2, 0) is 0 Å². The van der Waals surface area contributed by atoms with Gasteiger partial charge in [-0.3, -0.25) is 0 Å². The van der Waals surface area contributed by atoms with E-state index < -0.39 is 31.2 Å². The van der Waals surface area contributed by atoms with Gasteiger partial charge in [0.15, 0.2) is 0 Å². The van der Waals surface area contributed by atoms with E-state index in [9.17, 15) is 0 Å². The van der Waals surface area contributed by atoms with Gasteiger partial charge in [0.25, 0.3) is 0 Å². The van der Waals surface area contributed by atoms with E-state index >= 15 is 0 Å². The molecule has 0 unspecified atom stereocenters. The summed E-state index contributed by atoms with van der Waals surface area (Å²) in [4.78, 5) is 0. The molecular formula is C4H13O4PS. The van der Waals surface area contributed by atoms with Crippen LogP contribution in [0.4, 0.5) is 0 Å². The van der Waals surface area contributed by atoms with Crippen molar-refractivity contribution in [2.75, 3.05) is 25.4 Å². The summed E-state index contributed by atoms with van der Waals surface area (Å²) in [5.74, 6) is -3.24. The van der Waals surface area contributed by atoms with Crippen LogP contribution in [0.1, 0.15) is 0 Å². The molecule has 4 N–H and O–H groups in total. The Kier molecular flexibility index (Phi) is 3.55. The average Bonchev–Trinajstić information content (AvgIpc) is 2.04. The fraction of sp³-hybridized carbons (Fsp3) is 1.00. The van der Waals surface area contributed by atoms with E-state index in [1.165, 1.54) is 0 Å². The van der Waals surface area contributed by atoms with Crippen LogP contribution < -0.4 is 0 Å². The van der Waals surface area contributed by atoms with Crippen molar-refractivity contribution in [3.63, 3.8) is 0 Å². The van der Waals surface area contributed by atoms with E-state index in [0.717, 1.165) is 0 Å². The number of hydrogen-bond donors (Lipinski definition) is 5. The summed E-state index contributed by atoms with van der Waals surface area (Å²) in [6.45, 7) is 0. The summed E-state index contributed by atoms with van der Waals surface area (Å²) in [6, 6.07) is 0. The van der Waals surface area contributed by atoms with Crippen LogP contribution in [0.2, 0.25) is 0 Å². The first-order valence-corrected chi connectivity index (χ1v) is 6.86. The molecule has 0 spiro atoms. The number of aliphatic hydroxyl groups excluding tert-OH is 4. The molecule has 64 valence electrons. The predicted octanol–water partition coefficient (Wildman–Crippen LogP) is -0.816. The Labute approximate surface area is 64.6 Å². The topological polar surface area (TPSA) is 80.9 Å². The van der Waals surface area contributed by atoms with Gasteiger partial charge in [0.1, 0.15) is 0 Å². The predicted molar refractivity (Wildman–Crippen MR) is 44.2 cm³/mol. The first kappa shape index (κ1) is 10.6. The third kappa shape index (κ3) is 1.81. The van der Waals surface area contributed by atoms with Crippen LogP contribution in [0.15, 0.2) is 0 Å². The first-order chi connectivity index (χ1) is 4.54. The maximum absolute atomic E-state index is 8.74. The molecule has 0 aliphatic carbocycles. The number of aliphatic hydroxyl groups is 4. The zero-order valence-electron chi connectivity index (χ0n) is 5.51. The number of rotatable bonds is 4. The van der Waals surface area contributed by atoms with Gasteiger partial charge in [-0.05, 0) is 0 Å². The molecule has 0 fully saturated rings. The zero-order valence-corrected chi connectivity index (χ0v) is 7.30. The molecule has 0 aromatic heterocycles. The SMILES string of the molecule is OCP(S)(CO)(CO)CO. The van der Waals surface area contributed by atoms with Crippen LogP contribution in [-0.4, -0.2) is 45.8 Å². The number of thiol groups is 1. The zero-order chi connectivity index (χ0) is 8.28. The molecule has 4 nitrogen and oxygen atoms in total. The van der Waals surface area contributed by atoms with E-state index in [-0.39, 0.29) is 0 Å². The van der Waals surface area contributed by atoms with E-state index in [2.05, 4.69) is 12.2 Å². The molecule has 0 amide bonds. The van der Waals surface area contributed by atoms with Crippen molar-refractivity contribution in [3.05, 3.63) is 0 Å². The van der Waals surface area contributed by atoms with Crippen molar-refractivity contribution < 1.29 is 20.4 Å². The first-order valence-electron chi connectivity index (χ1n) is 2.73. The van der Waals surface area contributed by atoms with Crippen LogP contribution in [0, 0.1) is 0 Å². The van der Waals surface area contributed by atoms with Gasteiger partial charge in [0.05, 0.1) is 0 Å². The molecule has 0 aromatic carbocycles. The molecule has 0 rings (SSSR count). The Morgan fingerprint density at radius 3 is 1.00 bits per heavy atom. The molecule has 0 aliphatic rings. The second-order valence-electron chi connectivity index (χ2n) is 2.47. The summed E-state index contributed by atoms with van der Waals surface area (Å²) in [7, 11) is 0. The van der Waals surface area contributed by atoms with Crippen molar-refractivity contribution >= 4 is 18.1 Å². The van der Waals surface area contributed by atoms with E-state index in [1.807, 2.05) is 0 Å². The summed E-state index contributed by atoms with van der Waals surface area (Å²) in [6.07, 6.45) is -1.78. The van der Waals surface area contributed by atoms with Crippen LogP contribution in [0.5, 0.6) is 0 Å². The Bertz CT molecular complexity index is 92.3. The molecule has 0 saturated carbocycles. The molecular weight excluding hydrogens is 175 g/mol. The standard InChI is InChI=1S/C4H13O4PS/c5-1-9(10,2-6,3-7)4-8/h5-8,10H,1-4H2. The van der Waals surface area contributed by atoms with E-state index in [0.29, 0.717) is 0 Å². The van der Waals surface area contributed by atoms with Gasteiger partial charge >= 0.3 is 63.9 Å². The molecule has 0 radical (unpaired) electrons. The molecule has 0 bridgehead atoms. The molecule has 0 saturated heterocycles. The van der Waals surface area contributed by atoms with Gasteiger partial charge in [-0.1, -0.05) is 0 Å². The Balaban J connectivity index is 4.42. The van der Waals surface area contributed by atoms with E-state index in [1.54, 1.807) is 0 Å². The minimum absolute atomic E-state index is 0.446. The average molecular weight is 188 g/mol. The van der Waals surface area contributed by atoms with Gasteiger partial charge in [-0.2, -0.15) is 0 Å². The van der Waals surface area contributed by atoms with Gasteiger partial charge in [0.2, 0.25) is 0 Å². The monoisotopic (exact) mass is 188 g/mol. The fourth-order valence-corrected chi connectivity index (χ4v) is 0.805. The Morgan fingerprint density at radius 2 is 1.00 bits per heavy atom. The van der Waals surface area contributed by atoms with Crippen LogP contribution in [0.3, 0.4) is 0 Å². The van der Waals surface area contributed by atoms with Crippen molar-refractivity contribution in [2.24, 2.45) is 0 Å². The van der Waals surface area contributed by atoms with Gasteiger partial charge in [-0.15, -0.1) is 0 Å². The summed E-state index contributed by atoms with van der Waals surface area (Å²) >= 11 is 3.94. The van der Waals surface area contributed by atoms with Gasteiger partial charge in [-0.25, -0.2) is 0 Å². The van der Waals surface area contributed by atoms with Crippen LogP contribution >= 0.6 is 18.1 Å². The third-order valence-corrected chi connectivity index (χ3v) is 5.88. The molecule has 0 aromatic rings. The Morgan fingerprint density at radius 1 is 0.800 bits per heavy atom.